The molecule has 0 N–H and O–H groups in total. The van der Waals surface area contributed by atoms with Gasteiger partial charge in [-0.3, -0.25) is 4.79 Å². The quantitative estimate of drug-likeness (QED) is 0.555. The summed E-state index contributed by atoms with van der Waals surface area (Å²) in [5, 5.41) is 0. The molecule has 0 aromatic rings. The van der Waals surface area contributed by atoms with E-state index >= 15 is 0 Å². The maximum Gasteiger partial charge on any atom is 0.305 e. The van der Waals surface area contributed by atoms with E-state index in [1.54, 1.807) is 0 Å². The van der Waals surface area contributed by atoms with Crippen molar-refractivity contribution in [1.82, 2.24) is 0 Å². The normalized spacial score (nSPS) is 34.1. The summed E-state index contributed by atoms with van der Waals surface area (Å²) in [6.07, 6.45) is 3.81. The van der Waals surface area contributed by atoms with Crippen LogP contribution in [0.3, 0.4) is 0 Å². The number of carbonyl (C=O) groups excluding carboxylic acids is 1. The fraction of sp³-hybridized carbons (Fsp3) is 0.889. The fourth-order valence-corrected chi connectivity index (χ4v) is 3.13. The van der Waals surface area contributed by atoms with Crippen LogP contribution in [0, 0.1) is 5.92 Å². The van der Waals surface area contributed by atoms with Crippen molar-refractivity contribution in [2.45, 2.75) is 36.9 Å². The Balaban J connectivity index is 2.19. The zero-order chi connectivity index (χ0) is 9.19. The first kappa shape index (κ1) is 10.0. The second kappa shape index (κ2) is 3.77. The fourth-order valence-electron chi connectivity index (χ4n) is 1.82. The third-order valence-electron chi connectivity index (χ3n) is 2.43. The van der Waals surface area contributed by atoms with Crippen molar-refractivity contribution in [3.63, 3.8) is 0 Å². The lowest BCUT2D eigenvalue weighted by Crippen LogP contribution is -2.37. The number of hydrogen-bond donors (Lipinski definition) is 0. The van der Waals surface area contributed by atoms with Crippen LogP contribution >= 0.6 is 15.9 Å². The van der Waals surface area contributed by atoms with Gasteiger partial charge < -0.3 is 4.74 Å². The lowest BCUT2D eigenvalue weighted by Gasteiger charge is -2.41. The number of halogens is 1. The third kappa shape index (κ3) is 2.47. The molecule has 0 atom stereocenters. The Morgan fingerprint density at radius 3 is 2.67 bits per heavy atom. The van der Waals surface area contributed by atoms with E-state index in [1.807, 2.05) is 0 Å². The van der Waals surface area contributed by atoms with Gasteiger partial charge in [-0.05, 0) is 25.2 Å². The van der Waals surface area contributed by atoms with Gasteiger partial charge in [0.15, 0.2) is 0 Å². The molecule has 0 aliphatic heterocycles. The van der Waals surface area contributed by atoms with Gasteiger partial charge in [-0.2, -0.15) is 0 Å². The highest BCUT2D eigenvalue weighted by Gasteiger charge is 2.39. The maximum absolute atomic E-state index is 10.8. The van der Waals surface area contributed by atoms with E-state index in [-0.39, 0.29) is 10.3 Å². The molecule has 1 saturated carbocycles. The molecule has 1 aliphatic carbocycles. The summed E-state index contributed by atoms with van der Waals surface area (Å²) in [7, 11) is 1.44. The van der Waals surface area contributed by atoms with E-state index in [0.717, 1.165) is 12.3 Å². The van der Waals surface area contributed by atoms with Crippen LogP contribution < -0.4 is 0 Å². The zero-order valence-corrected chi connectivity index (χ0v) is 9.19. The van der Waals surface area contributed by atoms with Gasteiger partial charge in [0, 0.05) is 10.7 Å². The van der Waals surface area contributed by atoms with E-state index in [9.17, 15) is 4.79 Å². The van der Waals surface area contributed by atoms with Crippen LogP contribution in [0.4, 0.5) is 0 Å². The summed E-state index contributed by atoms with van der Waals surface area (Å²) in [6, 6.07) is 0. The number of ether oxygens (including phenoxy) is 1. The lowest BCUT2D eigenvalue weighted by molar-refractivity contribution is -0.141. The molecule has 1 rings (SSSR count). The van der Waals surface area contributed by atoms with Gasteiger partial charge in [-0.15, -0.1) is 0 Å². The van der Waals surface area contributed by atoms with E-state index in [2.05, 4.69) is 27.6 Å². The van der Waals surface area contributed by atoms with Crippen molar-refractivity contribution in [3.8, 4) is 0 Å². The smallest absolute Gasteiger partial charge is 0.305 e. The molecule has 3 heteroatoms. The SMILES string of the molecule is COC(=O)CCC1(Br)CC(C)C1. The van der Waals surface area contributed by atoms with Gasteiger partial charge in [0.2, 0.25) is 0 Å². The second-order valence-corrected chi connectivity index (χ2v) is 5.42. The monoisotopic (exact) mass is 234 g/mol. The van der Waals surface area contributed by atoms with Gasteiger partial charge in [0.05, 0.1) is 7.11 Å². The Morgan fingerprint density at radius 1 is 1.67 bits per heavy atom. The van der Waals surface area contributed by atoms with Gasteiger partial charge in [0.1, 0.15) is 0 Å². The topological polar surface area (TPSA) is 26.3 Å². The highest BCUT2D eigenvalue weighted by molar-refractivity contribution is 9.10. The van der Waals surface area contributed by atoms with E-state index in [4.69, 9.17) is 0 Å². The molecule has 0 aromatic carbocycles. The summed E-state index contributed by atoms with van der Waals surface area (Å²) in [5.41, 5.74) is 0. The second-order valence-electron chi connectivity index (χ2n) is 3.74. The molecule has 0 heterocycles. The van der Waals surface area contributed by atoms with E-state index in [0.29, 0.717) is 6.42 Å². The molecule has 0 bridgehead atoms. The Hall–Kier alpha value is -0.0500. The molecular formula is C9H15BrO2. The van der Waals surface area contributed by atoms with Crippen LogP contribution in [0.5, 0.6) is 0 Å². The van der Waals surface area contributed by atoms with Crippen molar-refractivity contribution >= 4 is 21.9 Å². The largest absolute Gasteiger partial charge is 0.469 e. The van der Waals surface area contributed by atoms with Crippen molar-refractivity contribution in [1.29, 1.82) is 0 Å². The molecule has 0 amide bonds. The Morgan fingerprint density at radius 2 is 2.25 bits per heavy atom. The van der Waals surface area contributed by atoms with Crippen molar-refractivity contribution < 1.29 is 9.53 Å². The first-order chi connectivity index (χ1) is 5.56. The minimum atomic E-state index is -0.103. The van der Waals surface area contributed by atoms with Gasteiger partial charge >= 0.3 is 5.97 Å². The van der Waals surface area contributed by atoms with Crippen LogP contribution in [0.15, 0.2) is 0 Å². The number of esters is 1. The number of hydrogen-bond acceptors (Lipinski definition) is 2. The first-order valence-corrected chi connectivity index (χ1v) is 5.11. The average Bonchev–Trinajstić information content (AvgIpc) is 1.98. The number of alkyl halides is 1. The molecule has 0 spiro atoms. The summed E-state index contributed by atoms with van der Waals surface area (Å²) in [6.45, 7) is 2.23. The molecule has 0 unspecified atom stereocenters. The molecule has 0 aromatic heterocycles. The predicted molar refractivity (Wildman–Crippen MR) is 51.3 cm³/mol. The van der Waals surface area contributed by atoms with Crippen LogP contribution in [0.1, 0.15) is 32.6 Å². The Labute approximate surface area is 81.8 Å². The average molecular weight is 235 g/mol. The van der Waals surface area contributed by atoms with E-state index < -0.39 is 0 Å². The minimum Gasteiger partial charge on any atom is -0.469 e. The highest BCUT2D eigenvalue weighted by atomic mass is 79.9. The number of rotatable bonds is 3. The molecule has 70 valence electrons. The highest BCUT2D eigenvalue weighted by Crippen LogP contribution is 2.47. The zero-order valence-electron chi connectivity index (χ0n) is 7.60. The Bertz CT molecular complexity index is 173. The molecule has 12 heavy (non-hydrogen) atoms. The summed E-state index contributed by atoms with van der Waals surface area (Å²) >= 11 is 3.66. The molecule has 2 nitrogen and oxygen atoms in total. The molecule has 0 saturated heterocycles. The first-order valence-electron chi connectivity index (χ1n) is 4.31. The molecule has 0 radical (unpaired) electrons. The van der Waals surface area contributed by atoms with Crippen molar-refractivity contribution in [2.24, 2.45) is 5.92 Å². The maximum atomic E-state index is 10.8. The minimum absolute atomic E-state index is 0.103. The molecule has 1 fully saturated rings. The van der Waals surface area contributed by atoms with Crippen molar-refractivity contribution in [3.05, 3.63) is 0 Å². The summed E-state index contributed by atoms with van der Waals surface area (Å²) in [5.74, 6) is 0.704. The van der Waals surface area contributed by atoms with Crippen LogP contribution in [0.2, 0.25) is 0 Å². The lowest BCUT2D eigenvalue weighted by atomic mass is 9.73. The Kier molecular flexibility index (Phi) is 3.16. The van der Waals surface area contributed by atoms with Crippen LogP contribution in [0.25, 0.3) is 0 Å². The standard InChI is InChI=1S/C9H15BrO2/c1-7-5-9(10,6-7)4-3-8(11)12-2/h7H,3-6H2,1-2H3. The number of methoxy groups -OCH3 is 1. The summed E-state index contributed by atoms with van der Waals surface area (Å²) < 4.78 is 4.82. The van der Waals surface area contributed by atoms with Gasteiger partial charge in [-0.1, -0.05) is 22.9 Å². The van der Waals surface area contributed by atoms with Crippen LogP contribution in [-0.4, -0.2) is 17.4 Å². The van der Waals surface area contributed by atoms with Gasteiger partial charge in [-0.25, -0.2) is 0 Å². The third-order valence-corrected chi connectivity index (χ3v) is 3.48. The van der Waals surface area contributed by atoms with E-state index in [1.165, 1.54) is 20.0 Å². The molecule has 1 aliphatic rings. The molecular weight excluding hydrogens is 220 g/mol. The number of carbonyl (C=O) groups is 1. The predicted octanol–water partition coefficient (Wildman–Crippen LogP) is 2.50. The van der Waals surface area contributed by atoms with Gasteiger partial charge in [0.25, 0.3) is 0 Å². The summed E-state index contributed by atoms with van der Waals surface area (Å²) in [4.78, 5) is 10.8. The van der Waals surface area contributed by atoms with Crippen LogP contribution in [-0.2, 0) is 9.53 Å². The van der Waals surface area contributed by atoms with Crippen molar-refractivity contribution in [2.75, 3.05) is 7.11 Å².